The summed E-state index contributed by atoms with van der Waals surface area (Å²) in [6.07, 6.45) is 1.37. The van der Waals surface area contributed by atoms with E-state index < -0.39 is 11.9 Å². The van der Waals surface area contributed by atoms with Crippen LogP contribution in [0.15, 0.2) is 18.2 Å². The second-order valence-corrected chi connectivity index (χ2v) is 4.82. The number of amides is 2. The SMILES string of the molecule is CCOC(=O)C(=O)Nc1ccc(C)c(N2CCCC2=O)c1. The Bertz CT molecular complexity index is 583. The third kappa shape index (κ3) is 3.39. The minimum absolute atomic E-state index is 0.0759. The molecule has 21 heavy (non-hydrogen) atoms. The second kappa shape index (κ2) is 6.39. The van der Waals surface area contributed by atoms with Gasteiger partial charge in [-0.1, -0.05) is 6.07 Å². The largest absolute Gasteiger partial charge is 0.459 e. The molecule has 0 spiro atoms. The Kier molecular flexibility index (Phi) is 4.57. The van der Waals surface area contributed by atoms with E-state index in [1.165, 1.54) is 0 Å². The van der Waals surface area contributed by atoms with Crippen LogP contribution in [0.3, 0.4) is 0 Å². The van der Waals surface area contributed by atoms with Gasteiger partial charge in [-0.15, -0.1) is 0 Å². The van der Waals surface area contributed by atoms with Gasteiger partial charge in [0.1, 0.15) is 0 Å². The number of hydrogen-bond donors (Lipinski definition) is 1. The fourth-order valence-electron chi connectivity index (χ4n) is 2.26. The van der Waals surface area contributed by atoms with Crippen LogP contribution in [0.2, 0.25) is 0 Å². The Hall–Kier alpha value is -2.37. The fourth-order valence-corrected chi connectivity index (χ4v) is 2.26. The maximum atomic E-state index is 11.8. The molecular weight excluding hydrogens is 272 g/mol. The van der Waals surface area contributed by atoms with Gasteiger partial charge in [0.25, 0.3) is 0 Å². The van der Waals surface area contributed by atoms with Gasteiger partial charge in [-0.2, -0.15) is 0 Å². The van der Waals surface area contributed by atoms with Crippen molar-refractivity contribution >= 4 is 29.2 Å². The molecule has 1 aromatic rings. The Morgan fingerprint density at radius 1 is 1.38 bits per heavy atom. The molecule has 0 aliphatic carbocycles. The molecule has 2 rings (SSSR count). The summed E-state index contributed by atoms with van der Waals surface area (Å²) in [7, 11) is 0. The lowest BCUT2D eigenvalue weighted by molar-refractivity contribution is -0.152. The number of carbonyl (C=O) groups is 3. The molecule has 1 fully saturated rings. The zero-order valence-corrected chi connectivity index (χ0v) is 12.1. The van der Waals surface area contributed by atoms with Crippen molar-refractivity contribution in [3.63, 3.8) is 0 Å². The molecule has 0 aromatic heterocycles. The predicted octanol–water partition coefficient (Wildman–Crippen LogP) is 1.62. The number of esters is 1. The first-order valence-corrected chi connectivity index (χ1v) is 6.92. The molecule has 1 N–H and O–H groups in total. The summed E-state index contributed by atoms with van der Waals surface area (Å²) in [5.74, 6) is -1.66. The number of hydrogen-bond acceptors (Lipinski definition) is 4. The fraction of sp³-hybridized carbons (Fsp3) is 0.400. The molecular formula is C15H18N2O4. The highest BCUT2D eigenvalue weighted by Gasteiger charge is 2.23. The van der Waals surface area contributed by atoms with Gasteiger partial charge >= 0.3 is 11.9 Å². The van der Waals surface area contributed by atoms with Crippen LogP contribution < -0.4 is 10.2 Å². The quantitative estimate of drug-likeness (QED) is 0.678. The average Bonchev–Trinajstić information content (AvgIpc) is 2.87. The van der Waals surface area contributed by atoms with Crippen LogP contribution in [-0.4, -0.2) is 30.9 Å². The molecule has 2 amide bonds. The summed E-state index contributed by atoms with van der Waals surface area (Å²) < 4.78 is 4.63. The maximum Gasteiger partial charge on any atom is 0.397 e. The van der Waals surface area contributed by atoms with Crippen LogP contribution in [0.1, 0.15) is 25.3 Å². The van der Waals surface area contributed by atoms with Crippen molar-refractivity contribution in [1.29, 1.82) is 0 Å². The van der Waals surface area contributed by atoms with Gasteiger partial charge in [0.05, 0.1) is 6.61 Å². The number of nitrogens with one attached hydrogen (secondary N) is 1. The molecule has 0 saturated carbocycles. The highest BCUT2D eigenvalue weighted by molar-refractivity contribution is 6.37. The molecule has 1 aromatic carbocycles. The van der Waals surface area contributed by atoms with E-state index in [0.717, 1.165) is 17.7 Å². The normalized spacial score (nSPS) is 14.2. The lowest BCUT2D eigenvalue weighted by Crippen LogP contribution is -2.26. The third-order valence-electron chi connectivity index (χ3n) is 3.29. The molecule has 1 aliphatic heterocycles. The molecule has 112 valence electrons. The summed E-state index contributed by atoms with van der Waals surface area (Å²) in [6, 6.07) is 5.20. The zero-order valence-electron chi connectivity index (χ0n) is 12.1. The number of rotatable bonds is 3. The summed E-state index contributed by atoms with van der Waals surface area (Å²) in [5, 5.41) is 2.48. The van der Waals surface area contributed by atoms with E-state index in [1.54, 1.807) is 24.0 Å². The summed E-state index contributed by atoms with van der Waals surface area (Å²) in [4.78, 5) is 36.4. The van der Waals surface area contributed by atoms with Crippen molar-refractivity contribution in [3.8, 4) is 0 Å². The van der Waals surface area contributed by atoms with Crippen molar-refractivity contribution in [2.24, 2.45) is 0 Å². The molecule has 0 bridgehead atoms. The van der Waals surface area contributed by atoms with Crippen LogP contribution in [0, 0.1) is 6.92 Å². The van der Waals surface area contributed by atoms with Crippen LogP contribution in [-0.2, 0) is 19.1 Å². The molecule has 0 unspecified atom stereocenters. The first-order chi connectivity index (χ1) is 10.0. The minimum Gasteiger partial charge on any atom is -0.459 e. The van der Waals surface area contributed by atoms with Crippen molar-refractivity contribution in [2.75, 3.05) is 23.4 Å². The molecule has 6 heteroatoms. The standard InChI is InChI=1S/C15H18N2O4/c1-3-21-15(20)14(19)16-11-7-6-10(2)12(9-11)17-8-4-5-13(17)18/h6-7,9H,3-5,8H2,1-2H3,(H,16,19). The first kappa shape index (κ1) is 15.0. The van der Waals surface area contributed by atoms with Gasteiger partial charge in [0, 0.05) is 24.3 Å². The van der Waals surface area contributed by atoms with E-state index in [4.69, 9.17) is 0 Å². The summed E-state index contributed by atoms with van der Waals surface area (Å²) >= 11 is 0. The van der Waals surface area contributed by atoms with Crippen molar-refractivity contribution in [1.82, 2.24) is 0 Å². The van der Waals surface area contributed by atoms with Gasteiger partial charge in [0.2, 0.25) is 5.91 Å². The number of aryl methyl sites for hydroxylation is 1. The average molecular weight is 290 g/mol. The molecule has 6 nitrogen and oxygen atoms in total. The third-order valence-corrected chi connectivity index (χ3v) is 3.29. The second-order valence-electron chi connectivity index (χ2n) is 4.82. The van der Waals surface area contributed by atoms with Gasteiger partial charge in [-0.25, -0.2) is 4.79 Å². The molecule has 1 heterocycles. The Morgan fingerprint density at radius 3 is 2.76 bits per heavy atom. The Labute approximate surface area is 123 Å². The molecule has 0 radical (unpaired) electrons. The maximum absolute atomic E-state index is 11.8. The van der Waals surface area contributed by atoms with E-state index in [0.29, 0.717) is 18.7 Å². The van der Waals surface area contributed by atoms with Crippen molar-refractivity contribution in [3.05, 3.63) is 23.8 Å². The number of ether oxygens (including phenoxy) is 1. The zero-order chi connectivity index (χ0) is 15.4. The van der Waals surface area contributed by atoms with Crippen molar-refractivity contribution in [2.45, 2.75) is 26.7 Å². The van der Waals surface area contributed by atoms with E-state index in [-0.39, 0.29) is 12.5 Å². The van der Waals surface area contributed by atoms with E-state index in [2.05, 4.69) is 10.1 Å². The summed E-state index contributed by atoms with van der Waals surface area (Å²) in [5.41, 5.74) is 2.17. The van der Waals surface area contributed by atoms with Crippen LogP contribution >= 0.6 is 0 Å². The van der Waals surface area contributed by atoms with Crippen molar-refractivity contribution < 1.29 is 19.1 Å². The highest BCUT2D eigenvalue weighted by atomic mass is 16.5. The van der Waals surface area contributed by atoms with E-state index >= 15 is 0 Å². The number of nitrogens with zero attached hydrogens (tertiary/aromatic N) is 1. The predicted molar refractivity (Wildman–Crippen MR) is 78.0 cm³/mol. The summed E-state index contributed by atoms with van der Waals surface area (Å²) in [6.45, 7) is 4.36. The molecule has 1 saturated heterocycles. The lowest BCUT2D eigenvalue weighted by Gasteiger charge is -2.19. The Morgan fingerprint density at radius 2 is 2.14 bits per heavy atom. The number of carbonyl (C=O) groups excluding carboxylic acids is 3. The Balaban J connectivity index is 2.17. The van der Waals surface area contributed by atoms with Gasteiger partial charge in [-0.3, -0.25) is 9.59 Å². The molecule has 1 aliphatic rings. The van der Waals surface area contributed by atoms with Gasteiger partial charge in [-0.05, 0) is 38.0 Å². The van der Waals surface area contributed by atoms with Gasteiger partial charge in [0.15, 0.2) is 0 Å². The monoisotopic (exact) mass is 290 g/mol. The smallest absolute Gasteiger partial charge is 0.397 e. The van der Waals surface area contributed by atoms with E-state index in [1.807, 2.05) is 13.0 Å². The van der Waals surface area contributed by atoms with Crippen LogP contribution in [0.4, 0.5) is 11.4 Å². The van der Waals surface area contributed by atoms with Gasteiger partial charge < -0.3 is 15.0 Å². The first-order valence-electron chi connectivity index (χ1n) is 6.92. The lowest BCUT2D eigenvalue weighted by atomic mass is 10.1. The minimum atomic E-state index is -0.920. The van der Waals surface area contributed by atoms with Crippen LogP contribution in [0.5, 0.6) is 0 Å². The van der Waals surface area contributed by atoms with Crippen LogP contribution in [0.25, 0.3) is 0 Å². The topological polar surface area (TPSA) is 75.7 Å². The van der Waals surface area contributed by atoms with E-state index in [9.17, 15) is 14.4 Å². The molecule has 0 atom stereocenters. The highest BCUT2D eigenvalue weighted by Crippen LogP contribution is 2.28. The number of benzene rings is 1. The number of anilines is 2.